The Morgan fingerprint density at radius 1 is 1.21 bits per heavy atom. The van der Waals surface area contributed by atoms with E-state index in [9.17, 15) is 0 Å². The number of ether oxygens (including phenoxy) is 1. The van der Waals surface area contributed by atoms with Crippen LogP contribution in [0.15, 0.2) is 24.3 Å². The number of benzene rings is 1. The molecule has 1 saturated heterocycles. The smallest absolute Gasteiger partial charge is 0.170 e. The molecule has 19 heavy (non-hydrogen) atoms. The van der Waals surface area contributed by atoms with Crippen LogP contribution in [0.4, 0.5) is 11.4 Å². The summed E-state index contributed by atoms with van der Waals surface area (Å²) in [6.45, 7) is 7.66. The van der Waals surface area contributed by atoms with Gasteiger partial charge in [0, 0.05) is 30.5 Å². The third kappa shape index (κ3) is 4.36. The molecule has 5 heteroatoms. The van der Waals surface area contributed by atoms with E-state index < -0.39 is 0 Å². The topological polar surface area (TPSA) is 36.5 Å². The first-order valence-corrected chi connectivity index (χ1v) is 7.06. The van der Waals surface area contributed by atoms with Crippen LogP contribution in [0.2, 0.25) is 0 Å². The zero-order valence-electron chi connectivity index (χ0n) is 11.5. The minimum absolute atomic E-state index is 0.340. The molecule has 2 rings (SSSR count). The standard InChI is InChI=1S/C14H21N3OS/c1-11(2)15-14(19)16-12-3-5-13(6-4-12)17-7-9-18-10-8-17/h3-6,11H,7-10H2,1-2H3,(H2,15,16,19). The van der Waals surface area contributed by atoms with E-state index in [4.69, 9.17) is 17.0 Å². The molecule has 2 N–H and O–H groups in total. The van der Waals surface area contributed by atoms with Gasteiger partial charge in [-0.05, 0) is 50.3 Å². The van der Waals surface area contributed by atoms with Crippen LogP contribution in [0.3, 0.4) is 0 Å². The molecule has 104 valence electrons. The SMILES string of the molecule is CC(C)NC(=S)Nc1ccc(N2CCOCC2)cc1. The second-order valence-electron chi connectivity index (χ2n) is 4.90. The molecule has 0 unspecified atom stereocenters. The summed E-state index contributed by atoms with van der Waals surface area (Å²) < 4.78 is 5.36. The summed E-state index contributed by atoms with van der Waals surface area (Å²) in [5.74, 6) is 0. The van der Waals surface area contributed by atoms with Crippen LogP contribution >= 0.6 is 12.2 Å². The Morgan fingerprint density at radius 3 is 2.42 bits per heavy atom. The van der Waals surface area contributed by atoms with Crippen molar-refractivity contribution >= 4 is 28.7 Å². The highest BCUT2D eigenvalue weighted by Crippen LogP contribution is 2.18. The Balaban J connectivity index is 1.92. The van der Waals surface area contributed by atoms with Crippen molar-refractivity contribution in [3.63, 3.8) is 0 Å². The summed E-state index contributed by atoms with van der Waals surface area (Å²) >= 11 is 5.22. The average molecular weight is 279 g/mol. The highest BCUT2D eigenvalue weighted by molar-refractivity contribution is 7.80. The van der Waals surface area contributed by atoms with Crippen molar-refractivity contribution in [3.8, 4) is 0 Å². The first-order chi connectivity index (χ1) is 9.15. The van der Waals surface area contributed by atoms with Crippen LogP contribution < -0.4 is 15.5 Å². The van der Waals surface area contributed by atoms with E-state index in [0.29, 0.717) is 11.2 Å². The van der Waals surface area contributed by atoms with E-state index in [0.717, 1.165) is 32.0 Å². The highest BCUT2D eigenvalue weighted by Gasteiger charge is 2.10. The number of hydrogen-bond donors (Lipinski definition) is 2. The number of anilines is 2. The summed E-state index contributed by atoms with van der Waals surface area (Å²) in [5.41, 5.74) is 2.24. The lowest BCUT2D eigenvalue weighted by Gasteiger charge is -2.29. The van der Waals surface area contributed by atoms with Crippen LogP contribution in [-0.2, 0) is 4.74 Å². The molecule has 4 nitrogen and oxygen atoms in total. The molecular weight excluding hydrogens is 258 g/mol. The number of nitrogens with zero attached hydrogens (tertiary/aromatic N) is 1. The fourth-order valence-corrected chi connectivity index (χ4v) is 2.36. The number of rotatable bonds is 3. The number of morpholine rings is 1. The van der Waals surface area contributed by atoms with Gasteiger partial charge in [-0.1, -0.05) is 0 Å². The number of nitrogens with one attached hydrogen (secondary N) is 2. The molecule has 0 atom stereocenters. The van der Waals surface area contributed by atoms with E-state index in [1.807, 2.05) is 0 Å². The summed E-state index contributed by atoms with van der Waals surface area (Å²) in [5, 5.41) is 7.00. The van der Waals surface area contributed by atoms with Gasteiger partial charge >= 0.3 is 0 Å². The Labute approximate surface area is 120 Å². The summed E-state index contributed by atoms with van der Waals surface area (Å²) in [4.78, 5) is 2.33. The summed E-state index contributed by atoms with van der Waals surface area (Å²) in [6, 6.07) is 8.68. The van der Waals surface area contributed by atoms with Crippen LogP contribution in [0, 0.1) is 0 Å². The third-order valence-electron chi connectivity index (χ3n) is 2.92. The van der Waals surface area contributed by atoms with E-state index in [1.165, 1.54) is 5.69 Å². The Hall–Kier alpha value is -1.33. The lowest BCUT2D eigenvalue weighted by atomic mass is 10.2. The van der Waals surface area contributed by atoms with Crippen molar-refractivity contribution in [1.82, 2.24) is 5.32 Å². The molecule has 0 amide bonds. The van der Waals surface area contributed by atoms with Gasteiger partial charge in [-0.15, -0.1) is 0 Å². The zero-order chi connectivity index (χ0) is 13.7. The molecule has 1 heterocycles. The van der Waals surface area contributed by atoms with Crippen LogP contribution in [0.1, 0.15) is 13.8 Å². The monoisotopic (exact) mass is 279 g/mol. The molecule has 1 aromatic rings. The lowest BCUT2D eigenvalue weighted by molar-refractivity contribution is 0.122. The van der Waals surface area contributed by atoms with E-state index in [2.05, 4.69) is 53.6 Å². The molecule has 0 spiro atoms. The fraction of sp³-hybridized carbons (Fsp3) is 0.500. The van der Waals surface area contributed by atoms with Crippen molar-refractivity contribution in [3.05, 3.63) is 24.3 Å². The van der Waals surface area contributed by atoms with Gasteiger partial charge in [-0.2, -0.15) is 0 Å². The largest absolute Gasteiger partial charge is 0.378 e. The third-order valence-corrected chi connectivity index (χ3v) is 3.14. The maximum atomic E-state index is 5.36. The molecule has 0 aromatic heterocycles. The predicted octanol–water partition coefficient (Wildman–Crippen LogP) is 2.22. The van der Waals surface area contributed by atoms with Gasteiger partial charge in [0.1, 0.15) is 0 Å². The van der Waals surface area contributed by atoms with Gasteiger partial charge in [-0.25, -0.2) is 0 Å². The molecule has 1 aliphatic rings. The van der Waals surface area contributed by atoms with Crippen LogP contribution in [0.25, 0.3) is 0 Å². The quantitative estimate of drug-likeness (QED) is 0.830. The molecule has 0 saturated carbocycles. The minimum atomic E-state index is 0.340. The van der Waals surface area contributed by atoms with Crippen molar-refractivity contribution in [2.24, 2.45) is 0 Å². The van der Waals surface area contributed by atoms with Crippen LogP contribution in [0.5, 0.6) is 0 Å². The first-order valence-electron chi connectivity index (χ1n) is 6.65. The molecule has 1 fully saturated rings. The van der Waals surface area contributed by atoms with Gasteiger partial charge in [0.15, 0.2) is 5.11 Å². The minimum Gasteiger partial charge on any atom is -0.378 e. The van der Waals surface area contributed by atoms with E-state index in [-0.39, 0.29) is 0 Å². The molecule has 1 aliphatic heterocycles. The average Bonchev–Trinajstić information content (AvgIpc) is 2.39. The Kier molecular flexibility index (Phi) is 4.99. The summed E-state index contributed by atoms with van der Waals surface area (Å²) in [6.07, 6.45) is 0. The van der Waals surface area contributed by atoms with Gasteiger partial charge in [0.05, 0.1) is 13.2 Å². The molecule has 0 aliphatic carbocycles. The Morgan fingerprint density at radius 2 is 1.84 bits per heavy atom. The van der Waals surface area contributed by atoms with E-state index in [1.54, 1.807) is 0 Å². The zero-order valence-corrected chi connectivity index (χ0v) is 12.3. The molecule has 0 bridgehead atoms. The first kappa shape index (κ1) is 14.1. The van der Waals surface area contributed by atoms with Gasteiger partial charge in [-0.3, -0.25) is 0 Å². The van der Waals surface area contributed by atoms with Gasteiger partial charge in [0.25, 0.3) is 0 Å². The highest BCUT2D eigenvalue weighted by atomic mass is 32.1. The maximum Gasteiger partial charge on any atom is 0.170 e. The van der Waals surface area contributed by atoms with Crippen LogP contribution in [-0.4, -0.2) is 37.5 Å². The number of thiocarbonyl (C=S) groups is 1. The predicted molar refractivity (Wildman–Crippen MR) is 84.0 cm³/mol. The van der Waals surface area contributed by atoms with Gasteiger partial charge < -0.3 is 20.3 Å². The molecule has 1 aromatic carbocycles. The second kappa shape index (κ2) is 6.73. The van der Waals surface area contributed by atoms with Crippen molar-refractivity contribution in [1.29, 1.82) is 0 Å². The second-order valence-corrected chi connectivity index (χ2v) is 5.31. The van der Waals surface area contributed by atoms with Crippen molar-refractivity contribution < 1.29 is 4.74 Å². The van der Waals surface area contributed by atoms with Gasteiger partial charge in [0.2, 0.25) is 0 Å². The fourth-order valence-electron chi connectivity index (χ4n) is 2.01. The van der Waals surface area contributed by atoms with E-state index >= 15 is 0 Å². The Bertz CT molecular complexity index is 413. The normalized spacial score (nSPS) is 15.4. The lowest BCUT2D eigenvalue weighted by Crippen LogP contribution is -2.36. The van der Waals surface area contributed by atoms with Crippen molar-refractivity contribution in [2.45, 2.75) is 19.9 Å². The number of hydrogen-bond acceptors (Lipinski definition) is 3. The maximum absolute atomic E-state index is 5.36. The van der Waals surface area contributed by atoms with Crippen molar-refractivity contribution in [2.75, 3.05) is 36.5 Å². The molecular formula is C14H21N3OS. The molecule has 0 radical (unpaired) electrons. The summed E-state index contributed by atoms with van der Waals surface area (Å²) in [7, 11) is 0.